The molecule has 0 unspecified atom stereocenters. The largest absolute Gasteiger partial charge is 0.496 e. The third-order valence-corrected chi connectivity index (χ3v) is 4.29. The zero-order valence-corrected chi connectivity index (χ0v) is 11.5. The molecule has 0 saturated carbocycles. The van der Waals surface area contributed by atoms with Gasteiger partial charge in [-0.3, -0.25) is 4.18 Å². The maximum Gasteiger partial charge on any atom is 0.297 e. The van der Waals surface area contributed by atoms with Crippen molar-refractivity contribution in [2.24, 2.45) is 0 Å². The molecule has 100 valence electrons. The predicted molar refractivity (Wildman–Crippen MR) is 74.8 cm³/mol. The molecule has 5 heteroatoms. The lowest BCUT2D eigenvalue weighted by Gasteiger charge is -2.13. The van der Waals surface area contributed by atoms with Gasteiger partial charge in [0.2, 0.25) is 0 Å². The van der Waals surface area contributed by atoms with Gasteiger partial charge >= 0.3 is 0 Å². The summed E-state index contributed by atoms with van der Waals surface area (Å²) in [4.78, 5) is 0.112. The molecule has 0 spiro atoms. The first-order chi connectivity index (χ1) is 9.05. The molecule has 2 rings (SSSR count). The van der Waals surface area contributed by atoms with Crippen molar-refractivity contribution < 1.29 is 17.3 Å². The number of methoxy groups -OCH3 is 1. The lowest BCUT2D eigenvalue weighted by Crippen LogP contribution is -2.06. The number of ether oxygens (including phenoxy) is 1. The molecule has 0 aliphatic rings. The van der Waals surface area contributed by atoms with Gasteiger partial charge in [0.1, 0.15) is 10.6 Å². The Hall–Kier alpha value is -1.85. The lowest BCUT2D eigenvalue weighted by molar-refractivity contribution is 0.398. The summed E-state index contributed by atoms with van der Waals surface area (Å²) in [6.45, 7) is 3.65. The van der Waals surface area contributed by atoms with E-state index in [-0.39, 0.29) is 4.90 Å². The van der Waals surface area contributed by atoms with E-state index in [1.165, 1.54) is 6.08 Å². The topological polar surface area (TPSA) is 52.6 Å². The van der Waals surface area contributed by atoms with Crippen molar-refractivity contribution in [3.05, 3.63) is 42.5 Å². The molecule has 0 atom stereocenters. The molecule has 0 saturated heterocycles. The first kappa shape index (κ1) is 13.6. The highest BCUT2D eigenvalue weighted by atomic mass is 32.2. The van der Waals surface area contributed by atoms with Gasteiger partial charge in [0.05, 0.1) is 14.2 Å². The molecule has 0 bridgehead atoms. The third kappa shape index (κ3) is 2.22. The Morgan fingerprint density at radius 2 is 1.79 bits per heavy atom. The summed E-state index contributed by atoms with van der Waals surface area (Å²) in [7, 11) is -1.14. The fourth-order valence-electron chi connectivity index (χ4n) is 2.02. The van der Waals surface area contributed by atoms with Crippen LogP contribution in [-0.4, -0.2) is 22.6 Å². The van der Waals surface area contributed by atoms with Crippen LogP contribution in [0.3, 0.4) is 0 Å². The molecular formula is C14H14O4S. The van der Waals surface area contributed by atoms with Crippen molar-refractivity contribution >= 4 is 27.0 Å². The Balaban J connectivity index is 3.01. The summed E-state index contributed by atoms with van der Waals surface area (Å²) < 4.78 is 34.1. The maximum absolute atomic E-state index is 12.1. The summed E-state index contributed by atoms with van der Waals surface area (Å²) in [5, 5.41) is 1.27. The minimum absolute atomic E-state index is 0.112. The van der Waals surface area contributed by atoms with Crippen LogP contribution >= 0.6 is 0 Å². The summed E-state index contributed by atoms with van der Waals surface area (Å²) in [5.74, 6) is 0.598. The Bertz CT molecular complexity index is 732. The van der Waals surface area contributed by atoms with Crippen LogP contribution in [0.5, 0.6) is 5.75 Å². The smallest absolute Gasteiger partial charge is 0.297 e. The van der Waals surface area contributed by atoms with Crippen molar-refractivity contribution in [2.75, 3.05) is 14.2 Å². The second-order valence-corrected chi connectivity index (χ2v) is 5.52. The summed E-state index contributed by atoms with van der Waals surface area (Å²) in [6.07, 6.45) is 1.47. The average Bonchev–Trinajstić information content (AvgIpc) is 2.45. The fraction of sp³-hybridized carbons (Fsp3) is 0.143. The average molecular weight is 278 g/mol. The van der Waals surface area contributed by atoms with Gasteiger partial charge in [0, 0.05) is 10.8 Å². The maximum atomic E-state index is 12.1. The minimum Gasteiger partial charge on any atom is -0.496 e. The van der Waals surface area contributed by atoms with Crippen LogP contribution in [0.4, 0.5) is 0 Å². The second-order valence-electron chi connectivity index (χ2n) is 3.87. The van der Waals surface area contributed by atoms with Crippen LogP contribution in [0.2, 0.25) is 0 Å². The van der Waals surface area contributed by atoms with Crippen LogP contribution in [0.1, 0.15) is 5.56 Å². The van der Waals surface area contributed by atoms with Crippen LogP contribution in [0.15, 0.2) is 41.8 Å². The van der Waals surface area contributed by atoms with E-state index < -0.39 is 10.1 Å². The van der Waals surface area contributed by atoms with Crippen LogP contribution in [-0.2, 0) is 14.3 Å². The minimum atomic E-state index is -3.82. The Morgan fingerprint density at radius 1 is 1.16 bits per heavy atom. The predicted octanol–water partition coefficient (Wildman–Crippen LogP) is 2.83. The molecule has 4 nitrogen and oxygen atoms in total. The standard InChI is InChI=1S/C14H14O4S/c1-4-10-9-13(17-2)11-7-5-6-8-12(11)14(10)19(15,16)18-3/h4-9H,1H2,2-3H3. The summed E-state index contributed by atoms with van der Waals surface area (Å²) >= 11 is 0. The van der Waals surface area contributed by atoms with E-state index >= 15 is 0 Å². The van der Waals surface area contributed by atoms with Gasteiger partial charge in [-0.2, -0.15) is 8.42 Å². The van der Waals surface area contributed by atoms with E-state index in [0.717, 1.165) is 7.11 Å². The molecule has 0 heterocycles. The van der Waals surface area contributed by atoms with Gasteiger partial charge in [-0.1, -0.05) is 36.9 Å². The molecule has 0 radical (unpaired) electrons. The van der Waals surface area contributed by atoms with Gasteiger partial charge in [-0.05, 0) is 11.6 Å². The van der Waals surface area contributed by atoms with Gasteiger partial charge in [-0.15, -0.1) is 0 Å². The molecular weight excluding hydrogens is 264 g/mol. The highest BCUT2D eigenvalue weighted by molar-refractivity contribution is 7.87. The lowest BCUT2D eigenvalue weighted by atomic mass is 10.1. The molecule has 0 aliphatic heterocycles. The number of hydrogen-bond donors (Lipinski definition) is 0. The van der Waals surface area contributed by atoms with Crippen LogP contribution < -0.4 is 4.74 Å². The van der Waals surface area contributed by atoms with E-state index in [9.17, 15) is 8.42 Å². The van der Waals surface area contributed by atoms with Crippen molar-refractivity contribution in [2.45, 2.75) is 4.90 Å². The van der Waals surface area contributed by atoms with Gasteiger partial charge < -0.3 is 4.74 Å². The molecule has 0 amide bonds. The van der Waals surface area contributed by atoms with Crippen molar-refractivity contribution in [1.29, 1.82) is 0 Å². The fourth-order valence-corrected chi connectivity index (χ4v) is 3.06. The first-order valence-electron chi connectivity index (χ1n) is 5.58. The van der Waals surface area contributed by atoms with Gasteiger partial charge in [-0.25, -0.2) is 0 Å². The highest BCUT2D eigenvalue weighted by Crippen LogP contribution is 2.35. The second kappa shape index (κ2) is 5.03. The van der Waals surface area contributed by atoms with Crippen molar-refractivity contribution in [1.82, 2.24) is 0 Å². The molecule has 19 heavy (non-hydrogen) atoms. The zero-order chi connectivity index (χ0) is 14.0. The van der Waals surface area contributed by atoms with E-state index in [0.29, 0.717) is 22.1 Å². The normalized spacial score (nSPS) is 11.5. The summed E-state index contributed by atoms with van der Waals surface area (Å²) in [6, 6.07) is 8.75. The van der Waals surface area contributed by atoms with E-state index in [4.69, 9.17) is 4.74 Å². The van der Waals surface area contributed by atoms with E-state index in [1.807, 2.05) is 6.07 Å². The number of fused-ring (bicyclic) bond motifs is 1. The number of benzene rings is 2. The number of rotatable bonds is 4. The van der Waals surface area contributed by atoms with Gasteiger partial charge in [0.25, 0.3) is 10.1 Å². The van der Waals surface area contributed by atoms with Crippen LogP contribution in [0, 0.1) is 0 Å². The molecule has 2 aromatic carbocycles. The van der Waals surface area contributed by atoms with Crippen LogP contribution in [0.25, 0.3) is 16.8 Å². The molecule has 0 aliphatic carbocycles. The molecule has 0 fully saturated rings. The number of hydrogen-bond acceptors (Lipinski definition) is 4. The van der Waals surface area contributed by atoms with Crippen molar-refractivity contribution in [3.63, 3.8) is 0 Å². The summed E-state index contributed by atoms with van der Waals surface area (Å²) in [5.41, 5.74) is 0.456. The SMILES string of the molecule is C=Cc1cc(OC)c2ccccc2c1S(=O)(=O)OC. The quantitative estimate of drug-likeness (QED) is 0.807. The monoisotopic (exact) mass is 278 g/mol. The Kier molecular flexibility index (Phi) is 3.59. The zero-order valence-electron chi connectivity index (χ0n) is 10.7. The van der Waals surface area contributed by atoms with Crippen molar-refractivity contribution in [3.8, 4) is 5.75 Å². The van der Waals surface area contributed by atoms with Gasteiger partial charge in [0.15, 0.2) is 0 Å². The van der Waals surface area contributed by atoms with E-state index in [2.05, 4.69) is 10.8 Å². The highest BCUT2D eigenvalue weighted by Gasteiger charge is 2.22. The third-order valence-electron chi connectivity index (χ3n) is 2.90. The first-order valence-corrected chi connectivity index (χ1v) is 6.98. The Labute approximate surface area is 112 Å². The van der Waals surface area contributed by atoms with E-state index in [1.54, 1.807) is 31.4 Å². The Morgan fingerprint density at radius 3 is 2.32 bits per heavy atom. The molecule has 2 aromatic rings. The molecule has 0 aromatic heterocycles. The molecule has 0 N–H and O–H groups in total.